The number of alkyl halides is 3. The molecule has 2 aromatic heterocycles. The molecule has 0 radical (unpaired) electrons. The summed E-state index contributed by atoms with van der Waals surface area (Å²) in [5.41, 5.74) is 6.99. The quantitative estimate of drug-likeness (QED) is 0.230. The van der Waals surface area contributed by atoms with Crippen LogP contribution in [0.2, 0.25) is 0 Å². The summed E-state index contributed by atoms with van der Waals surface area (Å²) >= 11 is 0. The van der Waals surface area contributed by atoms with E-state index in [-0.39, 0.29) is 11.1 Å². The SMILES string of the molecule is Cc1ccc(-c2ccc(-c3nc4cc(C(c5cc6nc(C)oc6cc5C)C(F)(F)F)c(C)cc4o3)cc2)cc1. The third kappa shape index (κ3) is 4.58. The smallest absolute Gasteiger partial charge is 0.399 e. The molecule has 0 spiro atoms. The van der Waals surface area contributed by atoms with Gasteiger partial charge in [0, 0.05) is 12.5 Å². The van der Waals surface area contributed by atoms with E-state index in [0.29, 0.717) is 45.1 Å². The summed E-state index contributed by atoms with van der Waals surface area (Å²) in [7, 11) is 0. The van der Waals surface area contributed by atoms with Gasteiger partial charge in [0.2, 0.25) is 5.89 Å². The fourth-order valence-corrected chi connectivity index (χ4v) is 5.12. The van der Waals surface area contributed by atoms with E-state index in [0.717, 1.165) is 16.7 Å². The van der Waals surface area contributed by atoms with Gasteiger partial charge in [-0.2, -0.15) is 13.2 Å². The average molecular weight is 527 g/mol. The van der Waals surface area contributed by atoms with Gasteiger partial charge in [-0.3, -0.25) is 0 Å². The van der Waals surface area contributed by atoms with Crippen LogP contribution < -0.4 is 0 Å². The van der Waals surface area contributed by atoms with Crippen LogP contribution >= 0.6 is 0 Å². The fraction of sp³-hybridized carbons (Fsp3) is 0.188. The number of aromatic nitrogens is 2. The number of hydrogen-bond donors (Lipinski definition) is 0. The topological polar surface area (TPSA) is 52.1 Å². The van der Waals surface area contributed by atoms with Gasteiger partial charge < -0.3 is 8.83 Å². The Hall–Kier alpha value is -4.39. The second kappa shape index (κ2) is 9.12. The Balaban J connectivity index is 1.41. The summed E-state index contributed by atoms with van der Waals surface area (Å²) in [6.45, 7) is 7.04. The second-order valence-corrected chi connectivity index (χ2v) is 10.0. The Bertz CT molecular complexity index is 1830. The Morgan fingerprint density at radius 2 is 1.10 bits per heavy atom. The molecular weight excluding hydrogens is 501 g/mol. The molecule has 0 saturated heterocycles. The van der Waals surface area contributed by atoms with Gasteiger partial charge >= 0.3 is 6.18 Å². The number of rotatable bonds is 4. The van der Waals surface area contributed by atoms with Crippen LogP contribution in [-0.4, -0.2) is 16.1 Å². The molecule has 196 valence electrons. The van der Waals surface area contributed by atoms with Gasteiger partial charge in [0.1, 0.15) is 17.0 Å². The first-order valence-electron chi connectivity index (χ1n) is 12.6. The second-order valence-electron chi connectivity index (χ2n) is 10.0. The Morgan fingerprint density at radius 1 is 0.615 bits per heavy atom. The van der Waals surface area contributed by atoms with E-state index in [9.17, 15) is 13.2 Å². The summed E-state index contributed by atoms with van der Waals surface area (Å²) < 4.78 is 55.4. The molecule has 0 aliphatic rings. The lowest BCUT2D eigenvalue weighted by atomic mass is 9.85. The van der Waals surface area contributed by atoms with Crippen molar-refractivity contribution in [2.24, 2.45) is 0 Å². The fourth-order valence-electron chi connectivity index (χ4n) is 5.12. The number of benzene rings is 4. The molecule has 39 heavy (non-hydrogen) atoms. The van der Waals surface area contributed by atoms with Crippen LogP contribution in [0.4, 0.5) is 13.2 Å². The molecule has 6 rings (SSSR count). The van der Waals surface area contributed by atoms with Gasteiger partial charge in [-0.25, -0.2) is 9.97 Å². The largest absolute Gasteiger partial charge is 0.441 e. The first kappa shape index (κ1) is 24.9. The zero-order valence-corrected chi connectivity index (χ0v) is 21.9. The molecule has 1 atom stereocenters. The zero-order chi connectivity index (χ0) is 27.5. The maximum atomic E-state index is 14.6. The predicted molar refractivity (Wildman–Crippen MR) is 146 cm³/mol. The van der Waals surface area contributed by atoms with E-state index in [2.05, 4.69) is 34.2 Å². The molecule has 7 heteroatoms. The Kier molecular flexibility index (Phi) is 5.83. The molecule has 0 aliphatic carbocycles. The molecule has 0 fully saturated rings. The predicted octanol–water partition coefficient (Wildman–Crippen LogP) is 9.23. The summed E-state index contributed by atoms with van der Waals surface area (Å²) in [6, 6.07) is 22.3. The van der Waals surface area contributed by atoms with Gasteiger partial charge in [0.05, 0.1) is 0 Å². The molecule has 0 aliphatic heterocycles. The van der Waals surface area contributed by atoms with Crippen molar-refractivity contribution in [3.05, 3.63) is 107 Å². The van der Waals surface area contributed by atoms with Gasteiger partial charge in [-0.05, 0) is 90.6 Å². The van der Waals surface area contributed by atoms with Gasteiger partial charge in [0.15, 0.2) is 17.1 Å². The molecule has 0 amide bonds. The molecule has 4 aromatic carbocycles. The first-order valence-corrected chi connectivity index (χ1v) is 12.6. The Morgan fingerprint density at radius 3 is 1.67 bits per heavy atom. The van der Waals surface area contributed by atoms with Crippen molar-refractivity contribution in [3.63, 3.8) is 0 Å². The van der Waals surface area contributed by atoms with Crippen molar-refractivity contribution in [1.29, 1.82) is 0 Å². The summed E-state index contributed by atoms with van der Waals surface area (Å²) in [5.74, 6) is -1.08. The standard InChI is InChI=1S/C32H25F3N2O2/c1-17-5-7-21(8-6-17)22-9-11-23(12-10-22)31-37-27-16-25(19(3)14-29(27)39-31)30(32(33,34)35)24-15-26-28(13-18(24)2)38-20(4)36-26/h5-16,30H,1-4H3. The number of fused-ring (bicyclic) bond motifs is 2. The van der Waals surface area contributed by atoms with Crippen LogP contribution in [0.25, 0.3) is 44.8 Å². The third-order valence-electron chi connectivity index (χ3n) is 7.13. The van der Waals surface area contributed by atoms with Crippen molar-refractivity contribution in [3.8, 4) is 22.6 Å². The third-order valence-corrected chi connectivity index (χ3v) is 7.13. The molecular formula is C32H25F3N2O2. The van der Waals surface area contributed by atoms with Crippen LogP contribution in [0.5, 0.6) is 0 Å². The zero-order valence-electron chi connectivity index (χ0n) is 21.9. The summed E-state index contributed by atoms with van der Waals surface area (Å²) in [5, 5.41) is 0. The van der Waals surface area contributed by atoms with Crippen LogP contribution in [0.15, 0.2) is 81.6 Å². The van der Waals surface area contributed by atoms with E-state index in [4.69, 9.17) is 8.83 Å². The van der Waals surface area contributed by atoms with Crippen LogP contribution in [0.3, 0.4) is 0 Å². The number of halogens is 3. The van der Waals surface area contributed by atoms with Crippen LogP contribution in [0, 0.1) is 27.7 Å². The van der Waals surface area contributed by atoms with E-state index in [1.807, 2.05) is 31.2 Å². The molecule has 0 bridgehead atoms. The van der Waals surface area contributed by atoms with Gasteiger partial charge in [-0.1, -0.05) is 42.0 Å². The van der Waals surface area contributed by atoms with Crippen molar-refractivity contribution >= 4 is 22.2 Å². The van der Waals surface area contributed by atoms with Gasteiger partial charge in [0.25, 0.3) is 0 Å². The Labute approximate surface area is 223 Å². The van der Waals surface area contributed by atoms with Crippen molar-refractivity contribution in [2.45, 2.75) is 39.8 Å². The number of hydrogen-bond acceptors (Lipinski definition) is 4. The monoisotopic (exact) mass is 526 g/mol. The lowest BCUT2D eigenvalue weighted by Gasteiger charge is -2.24. The average Bonchev–Trinajstić information content (AvgIpc) is 3.46. The highest BCUT2D eigenvalue weighted by Crippen LogP contribution is 2.44. The van der Waals surface area contributed by atoms with E-state index >= 15 is 0 Å². The van der Waals surface area contributed by atoms with Crippen molar-refractivity contribution in [1.82, 2.24) is 9.97 Å². The molecule has 0 N–H and O–H groups in total. The van der Waals surface area contributed by atoms with E-state index < -0.39 is 12.1 Å². The molecule has 1 unspecified atom stereocenters. The molecule has 4 nitrogen and oxygen atoms in total. The maximum absolute atomic E-state index is 14.6. The first-order chi connectivity index (χ1) is 18.6. The van der Waals surface area contributed by atoms with E-state index in [1.165, 1.54) is 17.7 Å². The van der Waals surface area contributed by atoms with E-state index in [1.54, 1.807) is 32.9 Å². The minimum Gasteiger partial charge on any atom is -0.441 e. The van der Waals surface area contributed by atoms with Crippen molar-refractivity contribution in [2.75, 3.05) is 0 Å². The van der Waals surface area contributed by atoms with Crippen LogP contribution in [-0.2, 0) is 0 Å². The number of nitrogens with zero attached hydrogens (tertiary/aromatic N) is 2. The molecule has 6 aromatic rings. The summed E-state index contributed by atoms with van der Waals surface area (Å²) in [6.07, 6.45) is -4.53. The minimum absolute atomic E-state index is 0.132. The highest BCUT2D eigenvalue weighted by atomic mass is 19.4. The van der Waals surface area contributed by atoms with Crippen molar-refractivity contribution < 1.29 is 22.0 Å². The highest BCUT2D eigenvalue weighted by molar-refractivity contribution is 5.80. The maximum Gasteiger partial charge on any atom is 0.399 e. The summed E-state index contributed by atoms with van der Waals surface area (Å²) in [4.78, 5) is 8.82. The molecule has 2 heterocycles. The number of aryl methyl sites for hydroxylation is 4. The van der Waals surface area contributed by atoms with Gasteiger partial charge in [-0.15, -0.1) is 0 Å². The minimum atomic E-state index is -4.53. The lowest BCUT2D eigenvalue weighted by molar-refractivity contribution is -0.141. The number of oxazole rings is 2. The lowest BCUT2D eigenvalue weighted by Crippen LogP contribution is -2.23. The van der Waals surface area contributed by atoms with Crippen LogP contribution in [0.1, 0.15) is 39.6 Å². The highest BCUT2D eigenvalue weighted by Gasteiger charge is 2.44. The normalized spacial score (nSPS) is 12.9. The molecule has 0 saturated carbocycles.